The van der Waals surface area contributed by atoms with Gasteiger partial charge in [-0.25, -0.2) is 4.79 Å². The fourth-order valence-electron chi connectivity index (χ4n) is 4.02. The number of aromatic carboxylic acids is 1. The number of nitrogens with zero attached hydrogens (tertiary/aromatic N) is 2. The maximum atomic E-state index is 12.6. The SMILES string of the molecule is COc1ccc(C(=O)Nc2ccc(N3CCN(c4cccc(OC)c4)CC3)c(C(=O)O)c2)cc1. The zero-order valence-corrected chi connectivity index (χ0v) is 19.2. The number of nitrogens with one attached hydrogen (secondary N) is 1. The van der Waals surface area contributed by atoms with Crippen LogP contribution in [0, 0.1) is 0 Å². The maximum Gasteiger partial charge on any atom is 0.337 e. The molecule has 0 saturated carbocycles. The molecule has 0 aromatic heterocycles. The van der Waals surface area contributed by atoms with Gasteiger partial charge < -0.3 is 29.7 Å². The summed E-state index contributed by atoms with van der Waals surface area (Å²) in [5.41, 5.74) is 2.75. The van der Waals surface area contributed by atoms with Crippen molar-refractivity contribution in [1.82, 2.24) is 0 Å². The van der Waals surface area contributed by atoms with E-state index in [4.69, 9.17) is 9.47 Å². The van der Waals surface area contributed by atoms with E-state index in [9.17, 15) is 14.7 Å². The molecule has 1 aliphatic heterocycles. The first kappa shape index (κ1) is 23.0. The van der Waals surface area contributed by atoms with Crippen LogP contribution in [0.5, 0.6) is 11.5 Å². The van der Waals surface area contributed by atoms with E-state index in [0.29, 0.717) is 35.8 Å². The third-order valence-electron chi connectivity index (χ3n) is 5.88. The van der Waals surface area contributed by atoms with Crippen molar-refractivity contribution in [3.8, 4) is 11.5 Å². The van der Waals surface area contributed by atoms with E-state index in [1.807, 2.05) is 24.3 Å². The molecule has 34 heavy (non-hydrogen) atoms. The highest BCUT2D eigenvalue weighted by atomic mass is 16.5. The van der Waals surface area contributed by atoms with Gasteiger partial charge >= 0.3 is 5.97 Å². The lowest BCUT2D eigenvalue weighted by Crippen LogP contribution is -2.47. The summed E-state index contributed by atoms with van der Waals surface area (Å²) in [5.74, 6) is 0.102. The second-order valence-corrected chi connectivity index (χ2v) is 7.90. The molecule has 3 aromatic rings. The molecule has 0 aliphatic carbocycles. The second-order valence-electron chi connectivity index (χ2n) is 7.90. The minimum atomic E-state index is -1.04. The van der Waals surface area contributed by atoms with Crippen LogP contribution in [0.3, 0.4) is 0 Å². The van der Waals surface area contributed by atoms with Crippen LogP contribution in [-0.2, 0) is 0 Å². The molecule has 1 aliphatic rings. The molecule has 176 valence electrons. The van der Waals surface area contributed by atoms with Crippen LogP contribution in [0.25, 0.3) is 0 Å². The third kappa shape index (κ3) is 5.06. The summed E-state index contributed by atoms with van der Waals surface area (Å²) in [4.78, 5) is 28.9. The fraction of sp³-hybridized carbons (Fsp3) is 0.231. The number of piperazine rings is 1. The Morgan fingerprint density at radius 3 is 2.15 bits per heavy atom. The predicted octanol–water partition coefficient (Wildman–Crippen LogP) is 3.98. The van der Waals surface area contributed by atoms with E-state index in [-0.39, 0.29) is 11.5 Å². The van der Waals surface area contributed by atoms with Gasteiger partial charge in [0.05, 0.1) is 25.5 Å². The molecule has 0 atom stereocenters. The molecule has 3 aromatic carbocycles. The smallest absolute Gasteiger partial charge is 0.337 e. The van der Waals surface area contributed by atoms with E-state index in [1.165, 1.54) is 6.07 Å². The molecule has 2 N–H and O–H groups in total. The Morgan fingerprint density at radius 1 is 0.824 bits per heavy atom. The normalized spacial score (nSPS) is 13.4. The number of carboxylic acid groups (broad SMARTS) is 1. The molecule has 1 saturated heterocycles. The minimum Gasteiger partial charge on any atom is -0.497 e. The Hall–Kier alpha value is -4.20. The molecular weight excluding hydrogens is 434 g/mol. The third-order valence-corrected chi connectivity index (χ3v) is 5.88. The molecule has 1 fully saturated rings. The topological polar surface area (TPSA) is 91.3 Å². The summed E-state index contributed by atoms with van der Waals surface area (Å²) in [7, 11) is 3.20. The predicted molar refractivity (Wildman–Crippen MR) is 132 cm³/mol. The lowest BCUT2D eigenvalue weighted by atomic mass is 10.1. The van der Waals surface area contributed by atoms with Crippen LogP contribution in [-0.4, -0.2) is 57.4 Å². The van der Waals surface area contributed by atoms with Gasteiger partial charge in [-0.3, -0.25) is 4.79 Å². The van der Waals surface area contributed by atoms with Crippen molar-refractivity contribution < 1.29 is 24.2 Å². The molecule has 0 radical (unpaired) electrons. The number of benzene rings is 3. The number of carbonyl (C=O) groups is 2. The number of hydrogen-bond donors (Lipinski definition) is 2. The summed E-state index contributed by atoms with van der Waals surface area (Å²) < 4.78 is 10.4. The Labute approximate surface area is 198 Å². The summed E-state index contributed by atoms with van der Waals surface area (Å²) >= 11 is 0. The summed E-state index contributed by atoms with van der Waals surface area (Å²) in [5, 5.41) is 12.6. The standard InChI is InChI=1S/C26H27N3O5/c1-33-21-9-6-18(7-10-21)25(30)27-19-8-11-24(23(16-19)26(31)32)29-14-12-28(13-15-29)20-4-3-5-22(17-20)34-2/h3-11,16-17H,12-15H2,1-2H3,(H,27,30)(H,31,32). The van der Waals surface area contributed by atoms with Crippen molar-refractivity contribution >= 4 is 28.9 Å². The van der Waals surface area contributed by atoms with Gasteiger partial charge in [0, 0.05) is 49.2 Å². The Bertz CT molecular complexity index is 1170. The average Bonchev–Trinajstić information content (AvgIpc) is 2.88. The monoisotopic (exact) mass is 461 g/mol. The second kappa shape index (κ2) is 10.2. The molecule has 1 heterocycles. The molecular formula is C26H27N3O5. The van der Waals surface area contributed by atoms with Gasteiger partial charge in [-0.1, -0.05) is 6.07 Å². The maximum absolute atomic E-state index is 12.6. The molecule has 1 amide bonds. The van der Waals surface area contributed by atoms with Crippen molar-refractivity contribution in [2.75, 3.05) is 55.5 Å². The van der Waals surface area contributed by atoms with E-state index in [1.54, 1.807) is 50.6 Å². The lowest BCUT2D eigenvalue weighted by Gasteiger charge is -2.38. The van der Waals surface area contributed by atoms with Gasteiger partial charge in [-0.05, 0) is 54.6 Å². The Kier molecular flexibility index (Phi) is 6.87. The number of anilines is 3. The van der Waals surface area contributed by atoms with Gasteiger partial charge in [0.25, 0.3) is 5.91 Å². The number of amides is 1. The van der Waals surface area contributed by atoms with Crippen LogP contribution in [0.15, 0.2) is 66.7 Å². The van der Waals surface area contributed by atoms with Gasteiger partial charge in [-0.2, -0.15) is 0 Å². The van der Waals surface area contributed by atoms with Crippen LogP contribution in [0.1, 0.15) is 20.7 Å². The van der Waals surface area contributed by atoms with Gasteiger partial charge in [0.2, 0.25) is 0 Å². The molecule has 8 nitrogen and oxygen atoms in total. The highest BCUT2D eigenvalue weighted by Gasteiger charge is 2.22. The van der Waals surface area contributed by atoms with E-state index >= 15 is 0 Å². The molecule has 0 unspecified atom stereocenters. The largest absolute Gasteiger partial charge is 0.497 e. The van der Waals surface area contributed by atoms with Crippen molar-refractivity contribution in [3.05, 3.63) is 77.9 Å². The first-order valence-electron chi connectivity index (χ1n) is 10.9. The fourth-order valence-corrected chi connectivity index (χ4v) is 4.02. The first-order valence-corrected chi connectivity index (χ1v) is 10.9. The Balaban J connectivity index is 1.46. The summed E-state index contributed by atoms with van der Waals surface area (Å²) in [6.45, 7) is 2.86. The van der Waals surface area contributed by atoms with Crippen molar-refractivity contribution in [2.24, 2.45) is 0 Å². The summed E-state index contributed by atoms with van der Waals surface area (Å²) in [6, 6.07) is 19.6. The number of rotatable bonds is 7. The van der Waals surface area contributed by atoms with E-state index in [2.05, 4.69) is 15.1 Å². The van der Waals surface area contributed by atoms with E-state index in [0.717, 1.165) is 24.5 Å². The molecule has 8 heteroatoms. The van der Waals surface area contributed by atoms with Crippen LogP contribution < -0.4 is 24.6 Å². The first-order chi connectivity index (χ1) is 16.5. The Morgan fingerprint density at radius 2 is 1.50 bits per heavy atom. The van der Waals surface area contributed by atoms with Crippen molar-refractivity contribution in [3.63, 3.8) is 0 Å². The van der Waals surface area contributed by atoms with Crippen LogP contribution in [0.4, 0.5) is 17.1 Å². The van der Waals surface area contributed by atoms with Gasteiger partial charge in [-0.15, -0.1) is 0 Å². The van der Waals surface area contributed by atoms with Crippen LogP contribution >= 0.6 is 0 Å². The number of methoxy groups -OCH3 is 2. The number of ether oxygens (including phenoxy) is 2. The lowest BCUT2D eigenvalue weighted by molar-refractivity contribution is 0.0697. The highest BCUT2D eigenvalue weighted by molar-refractivity contribution is 6.05. The average molecular weight is 462 g/mol. The zero-order chi connectivity index (χ0) is 24.1. The zero-order valence-electron chi connectivity index (χ0n) is 19.2. The number of carboxylic acids is 1. The summed E-state index contributed by atoms with van der Waals surface area (Å²) in [6.07, 6.45) is 0. The van der Waals surface area contributed by atoms with Crippen LogP contribution in [0.2, 0.25) is 0 Å². The van der Waals surface area contributed by atoms with Crippen molar-refractivity contribution in [1.29, 1.82) is 0 Å². The molecule has 4 rings (SSSR count). The highest BCUT2D eigenvalue weighted by Crippen LogP contribution is 2.28. The quantitative estimate of drug-likeness (QED) is 0.550. The van der Waals surface area contributed by atoms with Gasteiger partial charge in [0.1, 0.15) is 11.5 Å². The molecule has 0 spiro atoms. The van der Waals surface area contributed by atoms with E-state index < -0.39 is 5.97 Å². The number of hydrogen-bond acceptors (Lipinski definition) is 6. The van der Waals surface area contributed by atoms with Gasteiger partial charge in [0.15, 0.2) is 0 Å². The number of carbonyl (C=O) groups excluding carboxylic acids is 1. The molecule has 0 bridgehead atoms. The van der Waals surface area contributed by atoms with Crippen molar-refractivity contribution in [2.45, 2.75) is 0 Å². The minimum absolute atomic E-state index is 0.155.